The lowest BCUT2D eigenvalue weighted by molar-refractivity contribution is 0.357. The molecule has 0 aliphatic carbocycles. The Labute approximate surface area is 185 Å². The van der Waals surface area contributed by atoms with E-state index in [1.165, 1.54) is 135 Å². The molecule has 0 bridgehead atoms. The van der Waals surface area contributed by atoms with E-state index in [1.54, 1.807) is 0 Å². The fraction of sp³-hybridized carbons (Fsp3) is 1.00. The van der Waals surface area contributed by atoms with Crippen LogP contribution in [0.3, 0.4) is 0 Å². The van der Waals surface area contributed by atoms with Crippen molar-refractivity contribution in [2.24, 2.45) is 11.5 Å². The highest BCUT2D eigenvalue weighted by Crippen LogP contribution is 2.16. The Morgan fingerprint density at radius 1 is 0.345 bits per heavy atom. The summed E-state index contributed by atoms with van der Waals surface area (Å²) in [5.74, 6) is 0. The summed E-state index contributed by atoms with van der Waals surface area (Å²) in [6, 6.07) is 0. The molecule has 0 aliphatic rings. The van der Waals surface area contributed by atoms with Gasteiger partial charge in [-0.2, -0.15) is 0 Å². The van der Waals surface area contributed by atoms with E-state index in [2.05, 4.69) is 13.8 Å². The summed E-state index contributed by atoms with van der Waals surface area (Å²) in [7, 11) is 0. The van der Waals surface area contributed by atoms with Gasteiger partial charge in [0.15, 0.2) is 0 Å². The van der Waals surface area contributed by atoms with Crippen LogP contribution in [0.5, 0.6) is 0 Å². The van der Waals surface area contributed by atoms with Crippen molar-refractivity contribution >= 4 is 0 Å². The number of hydrogen-bond acceptors (Lipinski definition) is 2. The summed E-state index contributed by atoms with van der Waals surface area (Å²) in [5, 5.41) is 0. The summed E-state index contributed by atoms with van der Waals surface area (Å²) in [5.41, 5.74) is 11.8. The third-order valence-electron chi connectivity index (χ3n) is 6.46. The number of hydrogen-bond donors (Lipinski definition) is 2. The fourth-order valence-electron chi connectivity index (χ4n) is 4.48. The monoisotopic (exact) mass is 410 g/mol. The number of nitrogens with two attached hydrogens (primary N) is 2. The number of unbranched alkanes of at least 4 members (excludes halogenated alkanes) is 20. The molecule has 0 unspecified atom stereocenters. The zero-order valence-corrected chi connectivity index (χ0v) is 20.6. The predicted molar refractivity (Wildman–Crippen MR) is 133 cm³/mol. The summed E-state index contributed by atoms with van der Waals surface area (Å²) in [6.45, 7) is 4.46. The molecular weight excluding hydrogens is 352 g/mol. The van der Waals surface area contributed by atoms with E-state index in [0.29, 0.717) is 0 Å². The average Bonchev–Trinajstić information content (AvgIpc) is 2.69. The van der Waals surface area contributed by atoms with Crippen LogP contribution in [-0.4, -0.2) is 5.66 Å². The highest BCUT2D eigenvalue weighted by atomic mass is 14.9. The molecule has 0 amide bonds. The van der Waals surface area contributed by atoms with E-state index >= 15 is 0 Å². The van der Waals surface area contributed by atoms with E-state index in [-0.39, 0.29) is 0 Å². The highest BCUT2D eigenvalue weighted by Gasteiger charge is 2.16. The van der Waals surface area contributed by atoms with Crippen molar-refractivity contribution in [2.45, 2.75) is 174 Å². The largest absolute Gasteiger partial charge is 0.313 e. The molecule has 0 radical (unpaired) electrons. The summed E-state index contributed by atoms with van der Waals surface area (Å²) in [4.78, 5) is 0. The molecular formula is C27H58N2. The van der Waals surface area contributed by atoms with Gasteiger partial charge in [-0.15, -0.1) is 0 Å². The van der Waals surface area contributed by atoms with Crippen LogP contribution in [0.25, 0.3) is 0 Å². The van der Waals surface area contributed by atoms with E-state index in [1.807, 2.05) is 0 Å². The van der Waals surface area contributed by atoms with E-state index < -0.39 is 5.66 Å². The Bertz CT molecular complexity index is 301. The van der Waals surface area contributed by atoms with Gasteiger partial charge in [0.2, 0.25) is 0 Å². The highest BCUT2D eigenvalue weighted by molar-refractivity contribution is 4.75. The minimum atomic E-state index is -0.414. The smallest absolute Gasteiger partial charge is 0.0636 e. The van der Waals surface area contributed by atoms with Gasteiger partial charge < -0.3 is 11.5 Å². The van der Waals surface area contributed by atoms with Crippen molar-refractivity contribution in [3.63, 3.8) is 0 Å². The van der Waals surface area contributed by atoms with E-state index in [0.717, 1.165) is 19.3 Å². The quantitative estimate of drug-likeness (QED) is 0.123. The van der Waals surface area contributed by atoms with Crippen molar-refractivity contribution in [1.29, 1.82) is 0 Å². The SMILES string of the molecule is CCCCCCCCCCCCCCCCCCCCCCCC(N)(N)CCC. The van der Waals surface area contributed by atoms with Gasteiger partial charge >= 0.3 is 0 Å². The molecule has 0 fully saturated rings. The molecule has 0 aromatic carbocycles. The van der Waals surface area contributed by atoms with Crippen molar-refractivity contribution in [1.82, 2.24) is 0 Å². The Morgan fingerprint density at radius 3 is 0.897 bits per heavy atom. The molecule has 0 saturated carbocycles. The van der Waals surface area contributed by atoms with Gasteiger partial charge in [0.25, 0.3) is 0 Å². The van der Waals surface area contributed by atoms with E-state index in [4.69, 9.17) is 11.5 Å². The van der Waals surface area contributed by atoms with Crippen molar-refractivity contribution in [3.8, 4) is 0 Å². The van der Waals surface area contributed by atoms with Crippen LogP contribution in [-0.2, 0) is 0 Å². The molecule has 0 saturated heterocycles. The second-order valence-corrected chi connectivity index (χ2v) is 9.80. The Kier molecular flexibility index (Phi) is 22.5. The molecule has 29 heavy (non-hydrogen) atoms. The lowest BCUT2D eigenvalue weighted by atomic mass is 9.97. The van der Waals surface area contributed by atoms with E-state index in [9.17, 15) is 0 Å². The van der Waals surface area contributed by atoms with Crippen LogP contribution in [0.1, 0.15) is 168 Å². The predicted octanol–water partition coefficient (Wildman–Crippen LogP) is 9.00. The molecule has 0 heterocycles. The second-order valence-electron chi connectivity index (χ2n) is 9.80. The van der Waals surface area contributed by atoms with Crippen molar-refractivity contribution in [3.05, 3.63) is 0 Å². The van der Waals surface area contributed by atoms with Crippen LogP contribution in [0.2, 0.25) is 0 Å². The molecule has 0 aliphatic heterocycles. The number of rotatable bonds is 24. The van der Waals surface area contributed by atoms with Crippen LogP contribution >= 0.6 is 0 Å². The molecule has 0 rings (SSSR count). The minimum absolute atomic E-state index is 0.414. The van der Waals surface area contributed by atoms with Crippen LogP contribution in [0.4, 0.5) is 0 Å². The fourth-order valence-corrected chi connectivity index (χ4v) is 4.48. The Balaban J connectivity index is 3.08. The third-order valence-corrected chi connectivity index (χ3v) is 6.46. The van der Waals surface area contributed by atoms with Gasteiger partial charge in [-0.3, -0.25) is 0 Å². The zero-order valence-electron chi connectivity index (χ0n) is 20.6. The third kappa shape index (κ3) is 24.1. The van der Waals surface area contributed by atoms with Gasteiger partial charge in [-0.25, -0.2) is 0 Å². The molecule has 0 atom stereocenters. The first-order valence-corrected chi connectivity index (χ1v) is 13.7. The maximum absolute atomic E-state index is 6.09. The lowest BCUT2D eigenvalue weighted by Crippen LogP contribution is -2.48. The summed E-state index contributed by atoms with van der Waals surface area (Å²) < 4.78 is 0. The standard InChI is InChI=1S/C27H58N2/c1-3-5-6-7-8-9-10-11-12-13-14-15-16-17-18-19-20-21-22-23-24-26-27(28,29)25-4-2/h3-26,28-29H2,1-2H3. The first-order chi connectivity index (χ1) is 14.1. The zero-order chi connectivity index (χ0) is 21.5. The van der Waals surface area contributed by atoms with Crippen LogP contribution in [0.15, 0.2) is 0 Å². The Morgan fingerprint density at radius 2 is 0.621 bits per heavy atom. The van der Waals surface area contributed by atoms with Gasteiger partial charge in [0.1, 0.15) is 0 Å². The van der Waals surface area contributed by atoms with Crippen LogP contribution in [0, 0.1) is 0 Å². The average molecular weight is 411 g/mol. The minimum Gasteiger partial charge on any atom is -0.313 e. The summed E-state index contributed by atoms with van der Waals surface area (Å²) >= 11 is 0. The molecule has 0 spiro atoms. The molecule has 2 heteroatoms. The maximum Gasteiger partial charge on any atom is 0.0636 e. The topological polar surface area (TPSA) is 52.0 Å². The molecule has 0 aromatic heterocycles. The first-order valence-electron chi connectivity index (χ1n) is 13.7. The summed E-state index contributed by atoms with van der Waals surface area (Å²) in [6.07, 6.45) is 33.0. The van der Waals surface area contributed by atoms with Crippen LogP contribution < -0.4 is 11.5 Å². The normalized spacial score (nSPS) is 12.0. The molecule has 2 nitrogen and oxygen atoms in total. The first kappa shape index (κ1) is 28.9. The molecule has 0 aromatic rings. The molecule has 4 N–H and O–H groups in total. The van der Waals surface area contributed by atoms with Crippen molar-refractivity contribution in [2.75, 3.05) is 0 Å². The van der Waals surface area contributed by atoms with Gasteiger partial charge in [-0.1, -0.05) is 155 Å². The van der Waals surface area contributed by atoms with Gasteiger partial charge in [-0.05, 0) is 12.8 Å². The molecule has 176 valence electrons. The Hall–Kier alpha value is -0.0800. The van der Waals surface area contributed by atoms with Crippen molar-refractivity contribution < 1.29 is 0 Å². The lowest BCUT2D eigenvalue weighted by Gasteiger charge is -2.23. The maximum atomic E-state index is 6.09. The second kappa shape index (κ2) is 22.6. The van der Waals surface area contributed by atoms with Gasteiger partial charge in [0, 0.05) is 0 Å². The van der Waals surface area contributed by atoms with Gasteiger partial charge in [0.05, 0.1) is 5.66 Å².